The van der Waals surface area contributed by atoms with Crippen molar-refractivity contribution < 1.29 is 4.42 Å². The van der Waals surface area contributed by atoms with E-state index in [1.54, 1.807) is 0 Å². The number of fused-ring (bicyclic) bond motifs is 6. The Morgan fingerprint density at radius 3 is 2.58 bits per heavy atom. The van der Waals surface area contributed by atoms with Gasteiger partial charge in [-0.1, -0.05) is 43.7 Å². The standard InChI is InChI=1S/C22H19NO/c1-3-7-14-8-6-11-20-22(14)17-12-16-15-9-4-5-10-18(15)23(2)19(16)13-21(17)24-20/h4-6,8-13H,3,7H2,1-2H3. The molecule has 0 bridgehead atoms. The van der Waals surface area contributed by atoms with Gasteiger partial charge in [-0.3, -0.25) is 0 Å². The van der Waals surface area contributed by atoms with Gasteiger partial charge in [0.05, 0.1) is 5.52 Å². The van der Waals surface area contributed by atoms with Crippen LogP contribution in [0.1, 0.15) is 18.9 Å². The molecule has 0 aliphatic heterocycles. The zero-order valence-corrected chi connectivity index (χ0v) is 14.0. The van der Waals surface area contributed by atoms with Crippen LogP contribution in [0.2, 0.25) is 0 Å². The largest absolute Gasteiger partial charge is 0.456 e. The molecule has 0 aliphatic carbocycles. The minimum Gasteiger partial charge on any atom is -0.456 e. The number of aryl methyl sites for hydroxylation is 2. The summed E-state index contributed by atoms with van der Waals surface area (Å²) >= 11 is 0. The molecule has 0 unspecified atom stereocenters. The predicted octanol–water partition coefficient (Wildman–Crippen LogP) is 6.18. The first kappa shape index (κ1) is 13.7. The van der Waals surface area contributed by atoms with Crippen molar-refractivity contribution in [2.75, 3.05) is 0 Å². The Labute approximate surface area is 140 Å². The quantitative estimate of drug-likeness (QED) is 0.380. The summed E-state index contributed by atoms with van der Waals surface area (Å²) in [4.78, 5) is 0. The fraction of sp³-hybridized carbons (Fsp3) is 0.182. The minimum absolute atomic E-state index is 0.979. The molecule has 0 saturated carbocycles. The Morgan fingerprint density at radius 2 is 1.71 bits per heavy atom. The SMILES string of the molecule is CCCc1cccc2oc3cc4c(cc3c12)c1ccccc1n4C. The summed E-state index contributed by atoms with van der Waals surface area (Å²) in [6.07, 6.45) is 2.22. The first-order valence-corrected chi connectivity index (χ1v) is 8.59. The number of rotatable bonds is 2. The maximum Gasteiger partial charge on any atom is 0.137 e. The monoisotopic (exact) mass is 313 g/mol. The average Bonchev–Trinajstić information content (AvgIpc) is 3.10. The van der Waals surface area contributed by atoms with E-state index in [-0.39, 0.29) is 0 Å². The Balaban J connectivity index is 1.99. The van der Waals surface area contributed by atoms with Gasteiger partial charge in [-0.2, -0.15) is 0 Å². The molecule has 2 heteroatoms. The van der Waals surface area contributed by atoms with Crippen LogP contribution in [-0.4, -0.2) is 4.57 Å². The average molecular weight is 313 g/mol. The van der Waals surface area contributed by atoms with Crippen molar-refractivity contribution in [3.8, 4) is 0 Å². The first-order chi connectivity index (χ1) is 11.8. The number of aromatic nitrogens is 1. The van der Waals surface area contributed by atoms with Crippen molar-refractivity contribution in [1.29, 1.82) is 0 Å². The van der Waals surface area contributed by atoms with E-state index < -0.39 is 0 Å². The maximum atomic E-state index is 6.19. The van der Waals surface area contributed by atoms with E-state index in [1.807, 2.05) is 0 Å². The third-order valence-corrected chi connectivity index (χ3v) is 5.14. The maximum absolute atomic E-state index is 6.19. The highest BCUT2D eigenvalue weighted by Gasteiger charge is 2.15. The Kier molecular flexibility index (Phi) is 2.78. The summed E-state index contributed by atoms with van der Waals surface area (Å²) in [7, 11) is 2.13. The number of para-hydroxylation sites is 1. The Hall–Kier alpha value is -2.74. The summed E-state index contributed by atoms with van der Waals surface area (Å²) < 4.78 is 8.44. The Morgan fingerprint density at radius 1 is 0.833 bits per heavy atom. The van der Waals surface area contributed by atoms with Gasteiger partial charge < -0.3 is 8.98 Å². The molecular formula is C22H19NO. The second kappa shape index (κ2) is 4.88. The van der Waals surface area contributed by atoms with Gasteiger partial charge in [0.1, 0.15) is 11.2 Å². The van der Waals surface area contributed by atoms with Crippen molar-refractivity contribution in [1.82, 2.24) is 4.57 Å². The first-order valence-electron chi connectivity index (χ1n) is 8.59. The number of hydrogen-bond donors (Lipinski definition) is 0. The molecule has 0 aliphatic rings. The van der Waals surface area contributed by atoms with E-state index in [0.717, 1.165) is 24.0 Å². The third kappa shape index (κ3) is 1.71. The molecular weight excluding hydrogens is 294 g/mol. The lowest BCUT2D eigenvalue weighted by molar-refractivity contribution is 0.669. The molecule has 0 radical (unpaired) electrons. The van der Waals surface area contributed by atoms with E-state index in [1.165, 1.54) is 38.1 Å². The predicted molar refractivity (Wildman–Crippen MR) is 102 cm³/mol. The molecule has 2 nitrogen and oxygen atoms in total. The molecule has 0 atom stereocenters. The van der Waals surface area contributed by atoms with Crippen LogP contribution in [-0.2, 0) is 13.5 Å². The van der Waals surface area contributed by atoms with Crippen LogP contribution in [0.4, 0.5) is 0 Å². The molecule has 0 N–H and O–H groups in total. The van der Waals surface area contributed by atoms with Gasteiger partial charge in [0, 0.05) is 40.2 Å². The van der Waals surface area contributed by atoms with Crippen LogP contribution in [0.3, 0.4) is 0 Å². The lowest BCUT2D eigenvalue weighted by Gasteiger charge is -2.01. The van der Waals surface area contributed by atoms with Gasteiger partial charge in [0.15, 0.2) is 0 Å². The van der Waals surface area contributed by atoms with Crippen LogP contribution in [0.5, 0.6) is 0 Å². The van der Waals surface area contributed by atoms with Crippen LogP contribution < -0.4 is 0 Å². The lowest BCUT2D eigenvalue weighted by Crippen LogP contribution is -1.86. The summed E-state index contributed by atoms with van der Waals surface area (Å²) in [5.74, 6) is 0. The molecule has 3 aromatic carbocycles. The fourth-order valence-electron chi connectivity index (χ4n) is 4.03. The van der Waals surface area contributed by atoms with E-state index in [9.17, 15) is 0 Å². The van der Waals surface area contributed by atoms with Gasteiger partial charge in [-0.15, -0.1) is 0 Å². The summed E-state index contributed by atoms with van der Waals surface area (Å²) in [5, 5.41) is 5.12. The molecule has 0 amide bonds. The number of benzene rings is 3. The van der Waals surface area contributed by atoms with E-state index in [0.29, 0.717) is 0 Å². The molecule has 0 saturated heterocycles. The van der Waals surface area contributed by atoms with Gasteiger partial charge >= 0.3 is 0 Å². The van der Waals surface area contributed by atoms with Crippen molar-refractivity contribution in [3.63, 3.8) is 0 Å². The van der Waals surface area contributed by atoms with Crippen molar-refractivity contribution in [3.05, 3.63) is 60.2 Å². The Bertz CT molecular complexity index is 1220. The van der Waals surface area contributed by atoms with Crippen molar-refractivity contribution >= 4 is 43.7 Å². The highest BCUT2D eigenvalue weighted by atomic mass is 16.3. The number of furan rings is 1. The normalized spacial score (nSPS) is 12.1. The molecule has 2 aromatic heterocycles. The van der Waals surface area contributed by atoms with Crippen LogP contribution in [0.15, 0.2) is 59.0 Å². The van der Waals surface area contributed by atoms with Crippen LogP contribution in [0, 0.1) is 0 Å². The van der Waals surface area contributed by atoms with Crippen molar-refractivity contribution in [2.45, 2.75) is 19.8 Å². The van der Waals surface area contributed by atoms with Crippen LogP contribution >= 0.6 is 0 Å². The molecule has 5 rings (SSSR count). The highest BCUT2D eigenvalue weighted by molar-refractivity contribution is 6.17. The van der Waals surface area contributed by atoms with Gasteiger partial charge in [-0.05, 0) is 30.2 Å². The van der Waals surface area contributed by atoms with Gasteiger partial charge in [0.2, 0.25) is 0 Å². The molecule has 118 valence electrons. The molecule has 2 heterocycles. The van der Waals surface area contributed by atoms with Gasteiger partial charge in [0.25, 0.3) is 0 Å². The molecule has 5 aromatic rings. The van der Waals surface area contributed by atoms with Gasteiger partial charge in [-0.25, -0.2) is 0 Å². The van der Waals surface area contributed by atoms with Crippen molar-refractivity contribution in [2.24, 2.45) is 7.05 Å². The topological polar surface area (TPSA) is 18.1 Å². The van der Waals surface area contributed by atoms with E-state index in [4.69, 9.17) is 4.42 Å². The summed E-state index contributed by atoms with van der Waals surface area (Å²) in [6, 6.07) is 19.5. The molecule has 0 spiro atoms. The third-order valence-electron chi connectivity index (χ3n) is 5.14. The zero-order valence-electron chi connectivity index (χ0n) is 14.0. The lowest BCUT2D eigenvalue weighted by atomic mass is 10.0. The molecule has 0 fully saturated rings. The second-order valence-electron chi connectivity index (χ2n) is 6.58. The summed E-state index contributed by atoms with van der Waals surface area (Å²) in [6.45, 7) is 2.23. The number of hydrogen-bond acceptors (Lipinski definition) is 1. The zero-order chi connectivity index (χ0) is 16.3. The minimum atomic E-state index is 0.979. The second-order valence-corrected chi connectivity index (χ2v) is 6.58. The summed E-state index contributed by atoms with van der Waals surface area (Å²) in [5.41, 5.74) is 5.84. The smallest absolute Gasteiger partial charge is 0.137 e. The number of nitrogens with zero attached hydrogens (tertiary/aromatic N) is 1. The van der Waals surface area contributed by atoms with Crippen LogP contribution in [0.25, 0.3) is 43.7 Å². The fourth-order valence-corrected chi connectivity index (χ4v) is 4.03. The van der Waals surface area contributed by atoms with E-state index in [2.05, 4.69) is 73.1 Å². The van der Waals surface area contributed by atoms with E-state index >= 15 is 0 Å². The molecule has 24 heavy (non-hydrogen) atoms. The highest BCUT2D eigenvalue weighted by Crippen LogP contribution is 2.37.